The van der Waals surface area contributed by atoms with Crippen LogP contribution in [0.4, 0.5) is 0 Å². The van der Waals surface area contributed by atoms with Crippen molar-refractivity contribution in [2.24, 2.45) is 0 Å². The molecule has 6 heteroatoms. The summed E-state index contributed by atoms with van der Waals surface area (Å²) >= 11 is 0. The predicted octanol–water partition coefficient (Wildman–Crippen LogP) is 0.913. The zero-order valence-electron chi connectivity index (χ0n) is 11.2. The molecule has 0 saturated carbocycles. The fourth-order valence-electron chi connectivity index (χ4n) is 2.68. The molecule has 1 fully saturated rings. The van der Waals surface area contributed by atoms with Crippen LogP contribution in [0.25, 0.3) is 10.9 Å². The molecule has 0 spiro atoms. The molecule has 1 aliphatic rings. The zero-order chi connectivity index (χ0) is 14.1. The third-order valence-corrected chi connectivity index (χ3v) is 3.75. The fourth-order valence-corrected chi connectivity index (χ4v) is 2.68. The first-order valence-corrected chi connectivity index (χ1v) is 6.66. The SMILES string of the molecule is CNC(=O)C1CCCN1C(=O)c1ccc2cn[nH]c2c1. The Balaban J connectivity index is 1.89. The number of amides is 2. The summed E-state index contributed by atoms with van der Waals surface area (Å²) in [5, 5.41) is 10.4. The minimum atomic E-state index is -0.357. The van der Waals surface area contributed by atoms with Gasteiger partial charge in [0.15, 0.2) is 0 Å². The Morgan fingerprint density at radius 3 is 3.10 bits per heavy atom. The van der Waals surface area contributed by atoms with Crippen LogP contribution in [0.5, 0.6) is 0 Å². The molecular weight excluding hydrogens is 256 g/mol. The molecule has 3 rings (SSSR count). The number of aromatic amines is 1. The van der Waals surface area contributed by atoms with E-state index in [1.807, 2.05) is 6.07 Å². The van der Waals surface area contributed by atoms with E-state index in [1.165, 1.54) is 0 Å². The number of rotatable bonds is 2. The van der Waals surface area contributed by atoms with Crippen molar-refractivity contribution in [2.75, 3.05) is 13.6 Å². The van der Waals surface area contributed by atoms with Crippen molar-refractivity contribution in [1.29, 1.82) is 0 Å². The van der Waals surface area contributed by atoms with Gasteiger partial charge in [-0.1, -0.05) is 6.07 Å². The maximum atomic E-state index is 12.6. The summed E-state index contributed by atoms with van der Waals surface area (Å²) in [6, 6.07) is 5.06. The predicted molar refractivity (Wildman–Crippen MR) is 74.2 cm³/mol. The van der Waals surface area contributed by atoms with Crippen LogP contribution in [0.1, 0.15) is 23.2 Å². The van der Waals surface area contributed by atoms with Crippen LogP contribution in [-0.2, 0) is 4.79 Å². The van der Waals surface area contributed by atoms with Gasteiger partial charge in [0.2, 0.25) is 5.91 Å². The van der Waals surface area contributed by atoms with E-state index >= 15 is 0 Å². The second-order valence-corrected chi connectivity index (χ2v) is 4.94. The number of carbonyl (C=O) groups excluding carboxylic acids is 2. The molecule has 2 heterocycles. The number of hydrogen-bond acceptors (Lipinski definition) is 3. The van der Waals surface area contributed by atoms with Gasteiger partial charge in [0.05, 0.1) is 11.7 Å². The molecule has 1 aliphatic heterocycles. The number of nitrogens with zero attached hydrogens (tertiary/aromatic N) is 2. The second-order valence-electron chi connectivity index (χ2n) is 4.94. The van der Waals surface area contributed by atoms with Crippen molar-refractivity contribution < 1.29 is 9.59 Å². The van der Waals surface area contributed by atoms with Crippen molar-refractivity contribution in [3.05, 3.63) is 30.0 Å². The van der Waals surface area contributed by atoms with Crippen LogP contribution in [0.15, 0.2) is 24.4 Å². The molecule has 0 aliphatic carbocycles. The number of fused-ring (bicyclic) bond motifs is 1. The molecule has 20 heavy (non-hydrogen) atoms. The van der Waals surface area contributed by atoms with E-state index < -0.39 is 0 Å². The number of carbonyl (C=O) groups is 2. The largest absolute Gasteiger partial charge is 0.357 e. The minimum absolute atomic E-state index is 0.0986. The maximum Gasteiger partial charge on any atom is 0.254 e. The summed E-state index contributed by atoms with van der Waals surface area (Å²) in [6.45, 7) is 0.623. The first kappa shape index (κ1) is 12.7. The van der Waals surface area contributed by atoms with Crippen LogP contribution in [0, 0.1) is 0 Å². The first-order valence-electron chi connectivity index (χ1n) is 6.66. The van der Waals surface area contributed by atoms with Crippen molar-refractivity contribution in [1.82, 2.24) is 20.4 Å². The van der Waals surface area contributed by atoms with E-state index in [0.29, 0.717) is 12.1 Å². The summed E-state index contributed by atoms with van der Waals surface area (Å²) in [7, 11) is 1.60. The highest BCUT2D eigenvalue weighted by Crippen LogP contribution is 2.22. The van der Waals surface area contributed by atoms with Gasteiger partial charge in [0.1, 0.15) is 6.04 Å². The van der Waals surface area contributed by atoms with Gasteiger partial charge in [-0.3, -0.25) is 14.7 Å². The summed E-state index contributed by atoms with van der Waals surface area (Å²) < 4.78 is 0. The van der Waals surface area contributed by atoms with Gasteiger partial charge < -0.3 is 10.2 Å². The van der Waals surface area contributed by atoms with Crippen LogP contribution < -0.4 is 5.32 Å². The molecule has 104 valence electrons. The highest BCUT2D eigenvalue weighted by Gasteiger charge is 2.33. The average Bonchev–Trinajstić information content (AvgIpc) is 3.13. The Morgan fingerprint density at radius 1 is 1.45 bits per heavy atom. The average molecular weight is 272 g/mol. The molecule has 2 N–H and O–H groups in total. The number of hydrogen-bond donors (Lipinski definition) is 2. The van der Waals surface area contributed by atoms with Gasteiger partial charge in [-0.15, -0.1) is 0 Å². The third-order valence-electron chi connectivity index (χ3n) is 3.75. The van der Waals surface area contributed by atoms with Crippen molar-refractivity contribution in [3.63, 3.8) is 0 Å². The topological polar surface area (TPSA) is 78.1 Å². The lowest BCUT2D eigenvalue weighted by Crippen LogP contribution is -2.44. The number of H-pyrrole nitrogens is 1. The van der Waals surface area contributed by atoms with Crippen LogP contribution in [-0.4, -0.2) is 46.5 Å². The molecule has 2 amide bonds. The van der Waals surface area contributed by atoms with Crippen LogP contribution in [0.3, 0.4) is 0 Å². The van der Waals surface area contributed by atoms with Crippen LogP contribution >= 0.6 is 0 Å². The van der Waals surface area contributed by atoms with Gasteiger partial charge in [-0.25, -0.2) is 0 Å². The lowest BCUT2D eigenvalue weighted by molar-refractivity contribution is -0.124. The monoisotopic (exact) mass is 272 g/mol. The lowest BCUT2D eigenvalue weighted by atomic mass is 10.1. The van der Waals surface area contributed by atoms with Gasteiger partial charge in [-0.2, -0.15) is 5.10 Å². The summed E-state index contributed by atoms with van der Waals surface area (Å²) in [5.74, 6) is -0.203. The fraction of sp³-hybridized carbons (Fsp3) is 0.357. The van der Waals surface area contributed by atoms with E-state index in [0.717, 1.165) is 23.7 Å². The van der Waals surface area contributed by atoms with E-state index in [4.69, 9.17) is 0 Å². The molecular formula is C14H16N4O2. The van der Waals surface area contributed by atoms with Gasteiger partial charge in [0, 0.05) is 24.5 Å². The molecule has 1 aromatic heterocycles. The third kappa shape index (κ3) is 2.03. The molecule has 2 aromatic rings. The molecule has 1 saturated heterocycles. The number of benzene rings is 1. The number of nitrogens with one attached hydrogen (secondary N) is 2. The van der Waals surface area contributed by atoms with Crippen LogP contribution in [0.2, 0.25) is 0 Å². The molecule has 0 radical (unpaired) electrons. The molecule has 6 nitrogen and oxygen atoms in total. The summed E-state index contributed by atoms with van der Waals surface area (Å²) in [4.78, 5) is 26.0. The Morgan fingerprint density at radius 2 is 2.30 bits per heavy atom. The lowest BCUT2D eigenvalue weighted by Gasteiger charge is -2.23. The first-order chi connectivity index (χ1) is 9.70. The van der Waals surface area contributed by atoms with E-state index in [9.17, 15) is 9.59 Å². The van der Waals surface area contributed by atoms with Gasteiger partial charge in [-0.05, 0) is 25.0 Å². The number of likely N-dealkylation sites (tertiary alicyclic amines) is 1. The van der Waals surface area contributed by atoms with Crippen molar-refractivity contribution >= 4 is 22.7 Å². The van der Waals surface area contributed by atoms with E-state index in [1.54, 1.807) is 30.3 Å². The second kappa shape index (κ2) is 4.96. The molecule has 1 aromatic carbocycles. The van der Waals surface area contributed by atoms with Gasteiger partial charge >= 0.3 is 0 Å². The maximum absolute atomic E-state index is 12.6. The van der Waals surface area contributed by atoms with Gasteiger partial charge in [0.25, 0.3) is 5.91 Å². The standard InChI is InChI=1S/C14H16N4O2/c1-15-13(19)12-3-2-6-18(12)14(20)9-4-5-10-8-16-17-11(10)7-9/h4-5,7-8,12H,2-3,6H2,1H3,(H,15,19)(H,16,17). The molecule has 1 atom stereocenters. The van der Waals surface area contributed by atoms with E-state index in [-0.39, 0.29) is 17.9 Å². The van der Waals surface area contributed by atoms with E-state index in [2.05, 4.69) is 15.5 Å². The van der Waals surface area contributed by atoms with Crippen molar-refractivity contribution in [2.45, 2.75) is 18.9 Å². The summed E-state index contributed by atoms with van der Waals surface area (Å²) in [5.41, 5.74) is 1.41. The Hall–Kier alpha value is -2.37. The summed E-state index contributed by atoms with van der Waals surface area (Å²) in [6.07, 6.45) is 3.29. The Kier molecular flexibility index (Phi) is 3.14. The smallest absolute Gasteiger partial charge is 0.254 e. The van der Waals surface area contributed by atoms with Crippen molar-refractivity contribution in [3.8, 4) is 0 Å². The molecule has 0 bridgehead atoms. The quantitative estimate of drug-likeness (QED) is 0.853. The number of likely N-dealkylation sites (N-methyl/N-ethyl adjacent to an activating group) is 1. The number of aromatic nitrogens is 2. The highest BCUT2D eigenvalue weighted by atomic mass is 16.2. The highest BCUT2D eigenvalue weighted by molar-refractivity contribution is 6.00. The Labute approximate surface area is 116 Å². The molecule has 1 unspecified atom stereocenters. The zero-order valence-corrected chi connectivity index (χ0v) is 11.2. The normalized spacial score (nSPS) is 18.4. The Bertz CT molecular complexity index is 664. The minimum Gasteiger partial charge on any atom is -0.357 e.